The molecule has 0 radical (unpaired) electrons. The molecule has 5 aliphatic rings. The van der Waals surface area contributed by atoms with Crippen LogP contribution in [0.1, 0.15) is 49.7 Å². The highest BCUT2D eigenvalue weighted by Gasteiger charge is 2.58. The van der Waals surface area contributed by atoms with Gasteiger partial charge in [0.25, 0.3) is 0 Å². The maximum atomic E-state index is 13.1. The van der Waals surface area contributed by atoms with E-state index in [-0.39, 0.29) is 17.2 Å². The molecule has 1 aliphatic heterocycles. The molecule has 4 aliphatic carbocycles. The van der Waals surface area contributed by atoms with Crippen LogP contribution < -0.4 is 0 Å². The van der Waals surface area contributed by atoms with Crippen molar-refractivity contribution in [3.8, 4) is 12.1 Å². The van der Waals surface area contributed by atoms with E-state index in [0.29, 0.717) is 36.9 Å². The van der Waals surface area contributed by atoms with Crippen molar-refractivity contribution >= 4 is 5.91 Å². The Morgan fingerprint density at radius 3 is 2.11 bits per heavy atom. The third-order valence-electron chi connectivity index (χ3n) is 8.01. The first-order valence-corrected chi connectivity index (χ1v) is 10.3. The van der Waals surface area contributed by atoms with E-state index in [1.54, 1.807) is 0 Å². The number of nitriles is 2. The highest BCUT2D eigenvalue weighted by molar-refractivity contribution is 5.79. The minimum absolute atomic E-state index is 0.0123. The van der Waals surface area contributed by atoms with Gasteiger partial charge in [-0.2, -0.15) is 10.5 Å². The van der Waals surface area contributed by atoms with Gasteiger partial charge in [0, 0.05) is 24.9 Å². The van der Waals surface area contributed by atoms with Crippen LogP contribution in [-0.2, 0) is 10.2 Å². The van der Waals surface area contributed by atoms with Crippen LogP contribution in [-0.4, -0.2) is 23.9 Å². The van der Waals surface area contributed by atoms with Crippen molar-refractivity contribution in [3.63, 3.8) is 0 Å². The zero-order chi connectivity index (χ0) is 18.6. The van der Waals surface area contributed by atoms with Crippen LogP contribution in [0.4, 0.5) is 0 Å². The Morgan fingerprint density at radius 2 is 1.59 bits per heavy atom. The van der Waals surface area contributed by atoms with Crippen molar-refractivity contribution in [3.05, 3.63) is 35.4 Å². The zero-order valence-corrected chi connectivity index (χ0v) is 15.6. The quantitative estimate of drug-likeness (QED) is 0.828. The molecule has 0 atom stereocenters. The lowest BCUT2D eigenvalue weighted by atomic mass is 9.43. The summed E-state index contributed by atoms with van der Waals surface area (Å²) in [7, 11) is 0. The van der Waals surface area contributed by atoms with Crippen molar-refractivity contribution in [1.82, 2.24) is 4.90 Å². The van der Waals surface area contributed by atoms with Crippen molar-refractivity contribution in [2.75, 3.05) is 13.1 Å². The number of likely N-dealkylation sites (tertiary alicyclic amines) is 1. The highest BCUT2D eigenvalue weighted by Crippen LogP contribution is 2.64. The third-order valence-corrected chi connectivity index (χ3v) is 8.01. The predicted octanol–water partition coefficient (Wildman–Crippen LogP) is 3.62. The molecule has 4 nitrogen and oxygen atoms in total. The topological polar surface area (TPSA) is 67.9 Å². The van der Waals surface area contributed by atoms with Gasteiger partial charge in [0.15, 0.2) is 0 Å². The van der Waals surface area contributed by atoms with Gasteiger partial charge < -0.3 is 4.90 Å². The lowest BCUT2D eigenvalue weighted by Crippen LogP contribution is -2.59. The highest BCUT2D eigenvalue weighted by atomic mass is 16.2. The van der Waals surface area contributed by atoms with Crippen molar-refractivity contribution in [1.29, 1.82) is 10.5 Å². The van der Waals surface area contributed by atoms with E-state index < -0.39 is 0 Å². The van der Waals surface area contributed by atoms with E-state index in [9.17, 15) is 10.1 Å². The van der Waals surface area contributed by atoms with E-state index in [1.165, 1.54) is 37.7 Å². The summed E-state index contributed by atoms with van der Waals surface area (Å²) < 4.78 is 0. The van der Waals surface area contributed by atoms with Crippen LogP contribution >= 0.6 is 0 Å². The van der Waals surface area contributed by atoms with Gasteiger partial charge in [0.2, 0.25) is 5.91 Å². The van der Waals surface area contributed by atoms with E-state index in [4.69, 9.17) is 5.26 Å². The Morgan fingerprint density at radius 1 is 1.00 bits per heavy atom. The molecule has 5 fully saturated rings. The summed E-state index contributed by atoms with van der Waals surface area (Å²) in [6.45, 7) is 1.19. The van der Waals surface area contributed by atoms with Crippen LogP contribution in [0, 0.1) is 52.3 Å². The molecule has 138 valence electrons. The van der Waals surface area contributed by atoms with Gasteiger partial charge in [-0.3, -0.25) is 4.79 Å². The summed E-state index contributed by atoms with van der Waals surface area (Å²) in [5.74, 6) is 3.09. The maximum Gasteiger partial charge on any atom is 0.223 e. The van der Waals surface area contributed by atoms with Crippen molar-refractivity contribution < 1.29 is 4.79 Å². The molecule has 1 saturated heterocycles. The summed E-state index contributed by atoms with van der Waals surface area (Å²) >= 11 is 0. The van der Waals surface area contributed by atoms with E-state index in [1.807, 2.05) is 17.0 Å². The number of hydrogen-bond donors (Lipinski definition) is 0. The Bertz CT molecular complexity index is 810. The number of nitrogens with zero attached hydrogens (tertiary/aromatic N) is 3. The summed E-state index contributed by atoms with van der Waals surface area (Å²) in [5, 5.41) is 18.2. The first kappa shape index (κ1) is 16.8. The number of benzene rings is 1. The molecule has 0 N–H and O–H groups in total. The maximum absolute atomic E-state index is 13.1. The number of carbonyl (C=O) groups is 1. The largest absolute Gasteiger partial charge is 0.340 e. The van der Waals surface area contributed by atoms with Gasteiger partial charge in [-0.25, -0.2) is 0 Å². The van der Waals surface area contributed by atoms with Crippen LogP contribution in [0.3, 0.4) is 0 Å². The molecule has 1 heterocycles. The van der Waals surface area contributed by atoms with E-state index >= 15 is 0 Å². The van der Waals surface area contributed by atoms with E-state index in [2.05, 4.69) is 24.3 Å². The van der Waals surface area contributed by atoms with Gasteiger partial charge in [0.05, 0.1) is 23.6 Å². The van der Waals surface area contributed by atoms with E-state index in [0.717, 1.165) is 11.8 Å². The Balaban J connectivity index is 1.49. The monoisotopic (exact) mass is 359 g/mol. The molecule has 1 aromatic rings. The molecule has 1 aromatic carbocycles. The molecule has 0 unspecified atom stereocenters. The summed E-state index contributed by atoms with van der Waals surface area (Å²) in [6.07, 6.45) is 6.97. The van der Waals surface area contributed by atoms with Crippen LogP contribution in [0.25, 0.3) is 0 Å². The first-order valence-electron chi connectivity index (χ1n) is 10.3. The second kappa shape index (κ2) is 6.10. The second-order valence-corrected chi connectivity index (χ2v) is 9.34. The van der Waals surface area contributed by atoms with Crippen molar-refractivity contribution in [2.24, 2.45) is 29.6 Å². The molecule has 0 spiro atoms. The molecule has 4 heteroatoms. The number of hydrogen-bond acceptors (Lipinski definition) is 3. The van der Waals surface area contributed by atoms with Crippen LogP contribution in [0.5, 0.6) is 0 Å². The van der Waals surface area contributed by atoms with Crippen LogP contribution in [0.2, 0.25) is 0 Å². The Kier molecular flexibility index (Phi) is 3.80. The summed E-state index contributed by atoms with van der Waals surface area (Å²) in [5.41, 5.74) is 1.88. The predicted molar refractivity (Wildman–Crippen MR) is 100 cm³/mol. The standard InChI is InChI=1S/C23H25N3O/c24-11-15-1-3-19(4-2-15)23(10-22(27)26-13-18(12-25)14-26)20-6-16-5-17(8-20)9-21(23)7-16/h1-4,16-18,20-21H,5-10,13-14H2. The fourth-order valence-corrected chi connectivity index (χ4v) is 6.87. The molecule has 1 amide bonds. The molecular formula is C23H25N3O. The lowest BCUT2D eigenvalue weighted by molar-refractivity contribution is -0.143. The second-order valence-electron chi connectivity index (χ2n) is 9.34. The van der Waals surface area contributed by atoms with Crippen molar-refractivity contribution in [2.45, 2.75) is 43.9 Å². The van der Waals surface area contributed by atoms with Gasteiger partial charge in [0.1, 0.15) is 0 Å². The fourth-order valence-electron chi connectivity index (χ4n) is 6.87. The van der Waals surface area contributed by atoms with Gasteiger partial charge in [-0.15, -0.1) is 0 Å². The minimum atomic E-state index is -0.0732. The van der Waals surface area contributed by atoms with Gasteiger partial charge in [-0.05, 0) is 73.5 Å². The molecule has 0 aromatic heterocycles. The Labute approximate surface area is 160 Å². The average molecular weight is 359 g/mol. The number of amides is 1. The van der Waals surface area contributed by atoms with Gasteiger partial charge >= 0.3 is 0 Å². The smallest absolute Gasteiger partial charge is 0.223 e. The lowest BCUT2D eigenvalue weighted by Gasteiger charge is -2.62. The Hall–Kier alpha value is -2.33. The normalized spacial score (nSPS) is 36.7. The summed E-state index contributed by atoms with van der Waals surface area (Å²) in [4.78, 5) is 15.0. The van der Waals surface area contributed by atoms with Gasteiger partial charge in [-0.1, -0.05) is 12.1 Å². The molecule has 4 saturated carbocycles. The fraction of sp³-hybridized carbons (Fsp3) is 0.609. The molecule has 27 heavy (non-hydrogen) atoms. The molecular weight excluding hydrogens is 334 g/mol. The molecule has 4 bridgehead atoms. The van der Waals surface area contributed by atoms with Crippen LogP contribution in [0.15, 0.2) is 24.3 Å². The first-order chi connectivity index (χ1) is 13.1. The number of carbonyl (C=O) groups excluding carboxylic acids is 1. The SMILES string of the molecule is N#Cc1ccc(C2(CC(=O)N3CC(C#N)C3)C3CC4CC(C3)CC2C4)cc1. The zero-order valence-electron chi connectivity index (χ0n) is 15.6. The number of rotatable bonds is 3. The third kappa shape index (κ3) is 2.50. The summed E-state index contributed by atoms with van der Waals surface area (Å²) in [6, 6.07) is 12.6. The average Bonchev–Trinajstić information content (AvgIpc) is 2.63. The minimum Gasteiger partial charge on any atom is -0.340 e. The molecule has 6 rings (SSSR count).